The van der Waals surface area contributed by atoms with Crippen molar-refractivity contribution >= 4 is 15.7 Å². The van der Waals surface area contributed by atoms with Gasteiger partial charge in [-0.15, -0.1) is 6.42 Å². The number of carbonyl (C=O) groups excluding carboxylic acids is 1. The predicted molar refractivity (Wildman–Crippen MR) is 75.0 cm³/mol. The average Bonchev–Trinajstić information content (AvgIpc) is 2.63. The SMILES string of the molecule is C#CCN(C(=O)[C@H](N)C(C)(C)C)C1CCS(=O)(=O)C1. The lowest BCUT2D eigenvalue weighted by Gasteiger charge is -2.34. The van der Waals surface area contributed by atoms with Gasteiger partial charge in [0.2, 0.25) is 5.91 Å². The molecule has 2 atom stereocenters. The summed E-state index contributed by atoms with van der Waals surface area (Å²) in [4.78, 5) is 13.8. The van der Waals surface area contributed by atoms with Crippen LogP contribution in [0.25, 0.3) is 0 Å². The topological polar surface area (TPSA) is 80.5 Å². The second kappa shape index (κ2) is 5.51. The Kier molecular flexibility index (Phi) is 4.64. The van der Waals surface area contributed by atoms with Gasteiger partial charge in [-0.3, -0.25) is 4.79 Å². The van der Waals surface area contributed by atoms with Gasteiger partial charge in [0.25, 0.3) is 0 Å². The molecule has 5 nitrogen and oxygen atoms in total. The Bertz CT molecular complexity index is 485. The molecular formula is C13H22N2O3S. The van der Waals surface area contributed by atoms with E-state index in [0.717, 1.165) is 0 Å². The number of sulfone groups is 1. The van der Waals surface area contributed by atoms with Gasteiger partial charge in [0.05, 0.1) is 24.1 Å². The quantitative estimate of drug-likeness (QED) is 0.741. The van der Waals surface area contributed by atoms with Crippen molar-refractivity contribution in [1.29, 1.82) is 0 Å². The largest absolute Gasteiger partial charge is 0.326 e. The first-order valence-electron chi connectivity index (χ1n) is 6.28. The van der Waals surface area contributed by atoms with Crippen LogP contribution in [0.15, 0.2) is 0 Å². The molecule has 0 aliphatic carbocycles. The number of rotatable bonds is 3. The van der Waals surface area contributed by atoms with Crippen molar-refractivity contribution in [3.8, 4) is 12.3 Å². The molecule has 0 aromatic carbocycles. The van der Waals surface area contributed by atoms with E-state index in [4.69, 9.17) is 12.2 Å². The minimum atomic E-state index is -3.06. The van der Waals surface area contributed by atoms with E-state index in [1.165, 1.54) is 4.90 Å². The van der Waals surface area contributed by atoms with E-state index in [1.807, 2.05) is 20.8 Å². The van der Waals surface area contributed by atoms with Gasteiger partial charge >= 0.3 is 0 Å². The van der Waals surface area contributed by atoms with E-state index < -0.39 is 15.9 Å². The third kappa shape index (κ3) is 3.95. The molecule has 1 heterocycles. The molecule has 0 aromatic rings. The number of amides is 1. The summed E-state index contributed by atoms with van der Waals surface area (Å²) in [6.45, 7) is 5.71. The van der Waals surface area contributed by atoms with Gasteiger partial charge in [-0.1, -0.05) is 26.7 Å². The standard InChI is InChI=1S/C13H22N2O3S/c1-5-7-15(10-6-8-19(17,18)9-10)12(16)11(14)13(2,3)4/h1,10-11H,6-9,14H2,2-4H3/t10?,11-/m0/s1. The van der Waals surface area contributed by atoms with Gasteiger partial charge in [0, 0.05) is 6.04 Å². The van der Waals surface area contributed by atoms with Crippen molar-refractivity contribution in [3.05, 3.63) is 0 Å². The zero-order valence-corrected chi connectivity index (χ0v) is 12.5. The Labute approximate surface area is 115 Å². The van der Waals surface area contributed by atoms with Crippen molar-refractivity contribution in [1.82, 2.24) is 4.90 Å². The first-order valence-corrected chi connectivity index (χ1v) is 8.10. The molecule has 0 aromatic heterocycles. The fraction of sp³-hybridized carbons (Fsp3) is 0.769. The van der Waals surface area contributed by atoms with Gasteiger partial charge in [-0.25, -0.2) is 8.42 Å². The molecule has 1 aliphatic heterocycles. The van der Waals surface area contributed by atoms with Crippen LogP contribution in [-0.2, 0) is 14.6 Å². The summed E-state index contributed by atoms with van der Waals surface area (Å²) >= 11 is 0. The van der Waals surface area contributed by atoms with E-state index in [0.29, 0.717) is 6.42 Å². The molecule has 2 N–H and O–H groups in total. The van der Waals surface area contributed by atoms with Crippen molar-refractivity contribution in [3.63, 3.8) is 0 Å². The van der Waals surface area contributed by atoms with Gasteiger partial charge in [0.15, 0.2) is 9.84 Å². The molecule has 0 radical (unpaired) electrons. The molecule has 19 heavy (non-hydrogen) atoms. The molecule has 1 aliphatic rings. The number of carbonyl (C=O) groups is 1. The van der Waals surface area contributed by atoms with E-state index in [1.54, 1.807) is 0 Å². The van der Waals surface area contributed by atoms with Crippen LogP contribution < -0.4 is 5.73 Å². The van der Waals surface area contributed by atoms with E-state index >= 15 is 0 Å². The molecule has 1 rings (SSSR count). The van der Waals surface area contributed by atoms with E-state index in [2.05, 4.69) is 5.92 Å². The second-order valence-electron chi connectivity index (χ2n) is 6.07. The maximum atomic E-state index is 12.4. The fourth-order valence-electron chi connectivity index (χ4n) is 2.06. The lowest BCUT2D eigenvalue weighted by Crippen LogP contribution is -2.54. The Morgan fingerprint density at radius 3 is 2.47 bits per heavy atom. The monoisotopic (exact) mass is 286 g/mol. The van der Waals surface area contributed by atoms with Crippen molar-refractivity contribution in [2.75, 3.05) is 18.1 Å². The fourth-order valence-corrected chi connectivity index (χ4v) is 3.79. The van der Waals surface area contributed by atoms with Gasteiger partial charge in [-0.05, 0) is 11.8 Å². The van der Waals surface area contributed by atoms with Crippen LogP contribution in [0.4, 0.5) is 0 Å². The van der Waals surface area contributed by atoms with Gasteiger partial charge in [0.1, 0.15) is 0 Å². The summed E-state index contributed by atoms with van der Waals surface area (Å²) < 4.78 is 23.0. The highest BCUT2D eigenvalue weighted by Crippen LogP contribution is 2.23. The van der Waals surface area contributed by atoms with Crippen LogP contribution in [0.2, 0.25) is 0 Å². The normalized spacial score (nSPS) is 23.6. The third-order valence-electron chi connectivity index (χ3n) is 3.39. The van der Waals surface area contributed by atoms with Crippen LogP contribution in [0, 0.1) is 17.8 Å². The molecule has 1 amide bonds. The summed E-state index contributed by atoms with van der Waals surface area (Å²) in [5.41, 5.74) is 5.56. The predicted octanol–water partition coefficient (Wildman–Crippen LogP) is 0.00870. The number of hydrogen-bond donors (Lipinski definition) is 1. The maximum absolute atomic E-state index is 12.4. The van der Waals surface area contributed by atoms with Crippen molar-refractivity contribution in [2.24, 2.45) is 11.1 Å². The molecule has 108 valence electrons. The van der Waals surface area contributed by atoms with Gasteiger partial charge in [-0.2, -0.15) is 0 Å². The molecule has 0 bridgehead atoms. The Hall–Kier alpha value is -1.06. The lowest BCUT2D eigenvalue weighted by atomic mass is 9.86. The molecule has 1 unspecified atom stereocenters. The van der Waals surface area contributed by atoms with Crippen LogP contribution in [0.5, 0.6) is 0 Å². The van der Waals surface area contributed by atoms with Crippen LogP contribution in [-0.4, -0.2) is 49.4 Å². The maximum Gasteiger partial charge on any atom is 0.241 e. The van der Waals surface area contributed by atoms with E-state index in [-0.39, 0.29) is 35.4 Å². The number of terminal acetylenes is 1. The molecule has 6 heteroatoms. The highest BCUT2D eigenvalue weighted by atomic mass is 32.2. The molecule has 1 fully saturated rings. The highest BCUT2D eigenvalue weighted by Gasteiger charge is 2.38. The summed E-state index contributed by atoms with van der Waals surface area (Å²) in [6, 6.07) is -1.04. The van der Waals surface area contributed by atoms with Crippen molar-refractivity contribution < 1.29 is 13.2 Å². The van der Waals surface area contributed by atoms with E-state index in [9.17, 15) is 13.2 Å². The first kappa shape index (κ1) is 16.0. The minimum absolute atomic E-state index is 0.0166. The average molecular weight is 286 g/mol. The first-order chi connectivity index (χ1) is 8.58. The summed E-state index contributed by atoms with van der Waals surface area (Å²) in [5.74, 6) is 2.23. The lowest BCUT2D eigenvalue weighted by molar-refractivity contribution is -0.136. The van der Waals surface area contributed by atoms with Crippen LogP contribution in [0.3, 0.4) is 0 Å². The molecular weight excluding hydrogens is 264 g/mol. The summed E-state index contributed by atoms with van der Waals surface area (Å²) in [7, 11) is -3.06. The minimum Gasteiger partial charge on any atom is -0.326 e. The molecule has 0 spiro atoms. The number of nitrogens with zero attached hydrogens (tertiary/aromatic N) is 1. The Balaban J connectivity index is 2.91. The van der Waals surface area contributed by atoms with Gasteiger partial charge < -0.3 is 10.6 Å². The smallest absolute Gasteiger partial charge is 0.241 e. The number of nitrogens with two attached hydrogens (primary N) is 1. The summed E-state index contributed by atoms with van der Waals surface area (Å²) in [5, 5.41) is 0. The second-order valence-corrected chi connectivity index (χ2v) is 8.30. The Morgan fingerprint density at radius 1 is 1.53 bits per heavy atom. The molecule has 1 saturated heterocycles. The van der Waals surface area contributed by atoms with Crippen LogP contribution in [0.1, 0.15) is 27.2 Å². The Morgan fingerprint density at radius 2 is 2.11 bits per heavy atom. The van der Waals surface area contributed by atoms with Crippen LogP contribution >= 0.6 is 0 Å². The van der Waals surface area contributed by atoms with Crippen molar-refractivity contribution in [2.45, 2.75) is 39.3 Å². The third-order valence-corrected chi connectivity index (χ3v) is 5.14. The molecule has 0 saturated carbocycles. The number of hydrogen-bond acceptors (Lipinski definition) is 4. The summed E-state index contributed by atoms with van der Waals surface area (Å²) in [6.07, 6.45) is 5.71. The zero-order chi connectivity index (χ0) is 14.8. The highest BCUT2D eigenvalue weighted by molar-refractivity contribution is 7.91. The zero-order valence-electron chi connectivity index (χ0n) is 11.7.